The number of hydrogen-bond donors (Lipinski definition) is 1. The Morgan fingerprint density at radius 3 is 2.38 bits per heavy atom. The van der Waals surface area contributed by atoms with E-state index in [-0.39, 0.29) is 6.23 Å². The Kier molecular flexibility index (Phi) is 3.46. The van der Waals surface area contributed by atoms with Crippen molar-refractivity contribution in [2.75, 3.05) is 12.4 Å². The van der Waals surface area contributed by atoms with E-state index in [1.165, 1.54) is 0 Å². The van der Waals surface area contributed by atoms with Crippen LogP contribution in [0.3, 0.4) is 0 Å². The zero-order valence-electron chi connectivity index (χ0n) is 9.00. The number of rotatable bonds is 4. The summed E-state index contributed by atoms with van der Waals surface area (Å²) in [6.45, 7) is 0. The topological polar surface area (TPSA) is 47.0 Å². The Labute approximate surface area is 94.3 Å². The number of nitrogens with one attached hydrogen (secondary N) is 1. The van der Waals surface area contributed by atoms with Crippen LogP contribution in [0.15, 0.2) is 48.8 Å². The average molecular weight is 215 g/mol. The summed E-state index contributed by atoms with van der Waals surface area (Å²) in [6, 6.07) is 11.7. The van der Waals surface area contributed by atoms with Gasteiger partial charge < -0.3 is 10.1 Å². The standard InChI is InChI=1S/C12H13N3O/c1-16-11(10-6-3-2-4-7-10)15-12-13-8-5-9-14-12/h2-9,11H,1H3,(H,13,14,15). The molecule has 1 atom stereocenters. The van der Waals surface area contributed by atoms with E-state index >= 15 is 0 Å². The van der Waals surface area contributed by atoms with Gasteiger partial charge in [0.1, 0.15) is 0 Å². The molecule has 4 heteroatoms. The third-order valence-corrected chi connectivity index (χ3v) is 2.16. The van der Waals surface area contributed by atoms with E-state index in [2.05, 4.69) is 15.3 Å². The van der Waals surface area contributed by atoms with E-state index < -0.39 is 0 Å². The number of aromatic nitrogens is 2. The predicted molar refractivity (Wildman–Crippen MR) is 61.8 cm³/mol. The van der Waals surface area contributed by atoms with Crippen LogP contribution in [0.1, 0.15) is 11.8 Å². The second-order valence-electron chi connectivity index (χ2n) is 3.24. The van der Waals surface area contributed by atoms with Crippen molar-refractivity contribution in [1.82, 2.24) is 9.97 Å². The Hall–Kier alpha value is -1.94. The number of hydrogen-bond acceptors (Lipinski definition) is 4. The van der Waals surface area contributed by atoms with E-state index in [1.54, 1.807) is 25.6 Å². The van der Waals surface area contributed by atoms with Gasteiger partial charge in [-0.05, 0) is 6.07 Å². The number of nitrogens with zero attached hydrogens (tertiary/aromatic N) is 2. The molecule has 2 rings (SSSR count). The molecule has 0 aliphatic rings. The van der Waals surface area contributed by atoms with E-state index in [0.717, 1.165) is 5.56 Å². The summed E-state index contributed by atoms with van der Waals surface area (Å²) < 4.78 is 5.35. The molecule has 0 spiro atoms. The van der Waals surface area contributed by atoms with Crippen LogP contribution >= 0.6 is 0 Å². The molecule has 1 heterocycles. The van der Waals surface area contributed by atoms with Gasteiger partial charge in [-0.2, -0.15) is 0 Å². The van der Waals surface area contributed by atoms with Crippen molar-refractivity contribution in [3.05, 3.63) is 54.4 Å². The lowest BCUT2D eigenvalue weighted by molar-refractivity contribution is 0.126. The van der Waals surface area contributed by atoms with Crippen LogP contribution in [0.25, 0.3) is 0 Å². The van der Waals surface area contributed by atoms with Crippen LogP contribution in [-0.2, 0) is 4.74 Å². The minimum atomic E-state index is -0.233. The van der Waals surface area contributed by atoms with Crippen molar-refractivity contribution < 1.29 is 4.74 Å². The molecule has 16 heavy (non-hydrogen) atoms. The first-order chi connectivity index (χ1) is 7.90. The normalized spacial score (nSPS) is 12.1. The summed E-state index contributed by atoms with van der Waals surface area (Å²) in [6.07, 6.45) is 3.14. The molecule has 4 nitrogen and oxygen atoms in total. The van der Waals surface area contributed by atoms with Crippen molar-refractivity contribution >= 4 is 5.95 Å². The molecule has 0 bridgehead atoms. The van der Waals surface area contributed by atoms with Crippen LogP contribution in [-0.4, -0.2) is 17.1 Å². The van der Waals surface area contributed by atoms with Crippen LogP contribution in [0.5, 0.6) is 0 Å². The van der Waals surface area contributed by atoms with Crippen LogP contribution in [0.4, 0.5) is 5.95 Å². The second kappa shape index (κ2) is 5.23. The summed E-state index contributed by atoms with van der Waals surface area (Å²) in [5, 5.41) is 3.10. The summed E-state index contributed by atoms with van der Waals surface area (Å²) >= 11 is 0. The molecule has 0 aliphatic heterocycles. The molecular formula is C12H13N3O. The minimum Gasteiger partial charge on any atom is -0.357 e. The lowest BCUT2D eigenvalue weighted by Crippen LogP contribution is -2.14. The first kappa shape index (κ1) is 10.6. The number of anilines is 1. The Balaban J connectivity index is 2.13. The van der Waals surface area contributed by atoms with E-state index in [1.807, 2.05) is 30.3 Å². The number of ether oxygens (including phenoxy) is 1. The van der Waals surface area contributed by atoms with Crippen LogP contribution in [0.2, 0.25) is 0 Å². The second-order valence-corrected chi connectivity index (χ2v) is 3.24. The van der Waals surface area contributed by atoms with Crippen LogP contribution in [0, 0.1) is 0 Å². The maximum absolute atomic E-state index is 5.35. The lowest BCUT2D eigenvalue weighted by Gasteiger charge is -2.16. The minimum absolute atomic E-state index is 0.233. The van der Waals surface area contributed by atoms with E-state index in [0.29, 0.717) is 5.95 Å². The van der Waals surface area contributed by atoms with E-state index in [9.17, 15) is 0 Å². The Morgan fingerprint density at radius 2 is 1.75 bits per heavy atom. The fraction of sp³-hybridized carbons (Fsp3) is 0.167. The largest absolute Gasteiger partial charge is 0.357 e. The summed E-state index contributed by atoms with van der Waals surface area (Å²) in [7, 11) is 1.65. The summed E-state index contributed by atoms with van der Waals surface area (Å²) in [4.78, 5) is 8.18. The van der Waals surface area contributed by atoms with Gasteiger partial charge in [0.2, 0.25) is 5.95 Å². The smallest absolute Gasteiger partial charge is 0.224 e. The van der Waals surface area contributed by atoms with Gasteiger partial charge in [0, 0.05) is 25.1 Å². The molecule has 0 saturated carbocycles. The van der Waals surface area contributed by atoms with Crippen molar-refractivity contribution in [2.45, 2.75) is 6.23 Å². The highest BCUT2D eigenvalue weighted by Crippen LogP contribution is 2.16. The van der Waals surface area contributed by atoms with E-state index in [4.69, 9.17) is 4.74 Å². The monoisotopic (exact) mass is 215 g/mol. The quantitative estimate of drug-likeness (QED) is 0.794. The zero-order chi connectivity index (χ0) is 11.2. The molecule has 1 N–H and O–H groups in total. The first-order valence-electron chi connectivity index (χ1n) is 5.01. The zero-order valence-corrected chi connectivity index (χ0v) is 9.00. The number of benzene rings is 1. The van der Waals surface area contributed by atoms with Gasteiger partial charge in [-0.1, -0.05) is 30.3 Å². The SMILES string of the molecule is COC(Nc1ncccn1)c1ccccc1. The predicted octanol–water partition coefficient (Wildman–Crippen LogP) is 2.23. The van der Waals surface area contributed by atoms with Crippen molar-refractivity contribution in [2.24, 2.45) is 0 Å². The summed E-state index contributed by atoms with van der Waals surface area (Å²) in [5.41, 5.74) is 1.04. The summed E-state index contributed by atoms with van der Waals surface area (Å²) in [5.74, 6) is 0.554. The van der Waals surface area contributed by atoms with Gasteiger partial charge in [-0.3, -0.25) is 0 Å². The van der Waals surface area contributed by atoms with Crippen molar-refractivity contribution in [1.29, 1.82) is 0 Å². The number of methoxy groups -OCH3 is 1. The Bertz CT molecular complexity index is 419. The molecule has 2 aromatic rings. The molecule has 0 amide bonds. The Morgan fingerprint density at radius 1 is 1.06 bits per heavy atom. The highest BCUT2D eigenvalue weighted by atomic mass is 16.5. The molecule has 1 unspecified atom stereocenters. The molecule has 0 fully saturated rings. The molecule has 0 aliphatic carbocycles. The molecule has 0 saturated heterocycles. The van der Waals surface area contributed by atoms with Gasteiger partial charge in [-0.25, -0.2) is 9.97 Å². The third-order valence-electron chi connectivity index (χ3n) is 2.16. The third kappa shape index (κ3) is 2.55. The van der Waals surface area contributed by atoms with Gasteiger partial charge >= 0.3 is 0 Å². The van der Waals surface area contributed by atoms with Gasteiger partial charge in [-0.15, -0.1) is 0 Å². The molecule has 1 aromatic carbocycles. The van der Waals surface area contributed by atoms with Crippen LogP contribution < -0.4 is 5.32 Å². The van der Waals surface area contributed by atoms with Crippen molar-refractivity contribution in [3.63, 3.8) is 0 Å². The maximum Gasteiger partial charge on any atom is 0.224 e. The average Bonchev–Trinajstić information content (AvgIpc) is 2.38. The van der Waals surface area contributed by atoms with Crippen molar-refractivity contribution in [3.8, 4) is 0 Å². The molecular weight excluding hydrogens is 202 g/mol. The first-order valence-corrected chi connectivity index (χ1v) is 5.01. The maximum atomic E-state index is 5.35. The highest BCUT2D eigenvalue weighted by molar-refractivity contribution is 5.29. The van der Waals surface area contributed by atoms with Gasteiger partial charge in [0.05, 0.1) is 0 Å². The molecule has 1 aromatic heterocycles. The van der Waals surface area contributed by atoms with Gasteiger partial charge in [0.25, 0.3) is 0 Å². The highest BCUT2D eigenvalue weighted by Gasteiger charge is 2.09. The lowest BCUT2D eigenvalue weighted by atomic mass is 10.2. The molecule has 0 radical (unpaired) electrons. The molecule has 82 valence electrons. The van der Waals surface area contributed by atoms with Gasteiger partial charge in [0.15, 0.2) is 6.23 Å². The fourth-order valence-corrected chi connectivity index (χ4v) is 1.40. The fourth-order valence-electron chi connectivity index (χ4n) is 1.40.